The molecule has 0 atom stereocenters. The Hall–Kier alpha value is -2.07. The van der Waals surface area contributed by atoms with Gasteiger partial charge in [0.1, 0.15) is 17.3 Å². The van der Waals surface area contributed by atoms with Gasteiger partial charge in [0.25, 0.3) is 0 Å². The van der Waals surface area contributed by atoms with Crippen molar-refractivity contribution in [1.82, 2.24) is 0 Å². The summed E-state index contributed by atoms with van der Waals surface area (Å²) in [4.78, 5) is 1.78. The van der Waals surface area contributed by atoms with E-state index in [-0.39, 0.29) is 11.4 Å². The van der Waals surface area contributed by atoms with Crippen molar-refractivity contribution in [3.05, 3.63) is 58.3 Å². The number of hydrogen-bond donors (Lipinski definition) is 1. The zero-order chi connectivity index (χ0) is 17.1. The van der Waals surface area contributed by atoms with Gasteiger partial charge in [-0.25, -0.2) is 4.39 Å². The van der Waals surface area contributed by atoms with E-state index in [4.69, 9.17) is 4.74 Å². The summed E-state index contributed by atoms with van der Waals surface area (Å²) in [6.07, 6.45) is 2.21. The van der Waals surface area contributed by atoms with Crippen LogP contribution in [0.3, 0.4) is 0 Å². The number of hydrogen-bond acceptors (Lipinski definition) is 2. The monoisotopic (exact) mass is 385 g/mol. The van der Waals surface area contributed by atoms with E-state index in [2.05, 4.69) is 54.2 Å². The number of allylic oxidation sites excluding steroid dienone is 1. The van der Waals surface area contributed by atoms with Crippen LogP contribution in [0.25, 0.3) is 22.5 Å². The summed E-state index contributed by atoms with van der Waals surface area (Å²) in [7, 11) is 0. The van der Waals surface area contributed by atoms with Crippen molar-refractivity contribution in [2.75, 3.05) is 5.32 Å². The fourth-order valence-corrected chi connectivity index (χ4v) is 3.96. The molecule has 0 amide bonds. The van der Waals surface area contributed by atoms with Gasteiger partial charge in [0.2, 0.25) is 0 Å². The van der Waals surface area contributed by atoms with Gasteiger partial charge in [0.15, 0.2) is 0 Å². The topological polar surface area (TPSA) is 21.3 Å². The second kappa shape index (κ2) is 5.21. The van der Waals surface area contributed by atoms with Crippen LogP contribution in [-0.2, 0) is 0 Å². The Morgan fingerprint density at radius 2 is 1.92 bits per heavy atom. The van der Waals surface area contributed by atoms with E-state index in [1.165, 1.54) is 17.7 Å². The normalized spacial score (nSPS) is 18.7. The molecule has 0 saturated carbocycles. The average Bonchev–Trinajstić information content (AvgIpc) is 2.52. The van der Waals surface area contributed by atoms with Crippen molar-refractivity contribution in [1.29, 1.82) is 0 Å². The molecule has 0 saturated heterocycles. The van der Waals surface area contributed by atoms with Gasteiger partial charge in [-0.1, -0.05) is 28.1 Å². The van der Waals surface area contributed by atoms with Gasteiger partial charge in [-0.05, 0) is 56.2 Å². The van der Waals surface area contributed by atoms with Gasteiger partial charge < -0.3 is 10.1 Å². The van der Waals surface area contributed by atoms with Gasteiger partial charge in [0.05, 0.1) is 5.54 Å². The molecular weight excluding hydrogens is 369 g/mol. The first-order chi connectivity index (χ1) is 11.4. The maximum Gasteiger partial charge on any atom is 0.142 e. The molecule has 0 unspecified atom stereocenters. The molecular formula is C20H17BrFNO. The SMILES string of the molecule is CC1=CC(C)(C)Nc2ccc3c(c21)/C(=C/Br)Oc1ccc(F)cc1-3. The molecule has 0 fully saturated rings. The highest BCUT2D eigenvalue weighted by Crippen LogP contribution is 2.48. The molecule has 2 aromatic rings. The Bertz CT molecular complexity index is 927. The molecule has 1 N–H and O–H groups in total. The van der Waals surface area contributed by atoms with Crippen LogP contribution in [0, 0.1) is 5.82 Å². The standard InChI is InChI=1S/C20H17BrFNO/c1-11-9-20(2,3)23-15-6-5-13-14-8-12(22)4-7-16(14)24-17(10-21)19(13)18(11)15/h4-10,23H,1-3H3/b17-10-. The van der Waals surface area contributed by atoms with Crippen LogP contribution in [-0.4, -0.2) is 5.54 Å². The van der Waals surface area contributed by atoms with E-state index >= 15 is 0 Å². The summed E-state index contributed by atoms with van der Waals surface area (Å²) in [6.45, 7) is 6.39. The first kappa shape index (κ1) is 15.5. The minimum atomic E-state index is -0.265. The zero-order valence-corrected chi connectivity index (χ0v) is 15.3. The summed E-state index contributed by atoms with van der Waals surface area (Å²) >= 11 is 3.42. The lowest BCUT2D eigenvalue weighted by molar-refractivity contribution is 0.509. The number of fused-ring (bicyclic) bond motifs is 5. The third-order valence-electron chi connectivity index (χ3n) is 4.43. The zero-order valence-electron chi connectivity index (χ0n) is 13.7. The number of anilines is 1. The summed E-state index contributed by atoms with van der Waals surface area (Å²) < 4.78 is 19.8. The minimum Gasteiger partial charge on any atom is -0.455 e. The Morgan fingerprint density at radius 3 is 2.67 bits per heavy atom. The fraction of sp³-hybridized carbons (Fsp3) is 0.200. The summed E-state index contributed by atoms with van der Waals surface area (Å²) in [5, 5.41) is 3.55. The van der Waals surface area contributed by atoms with E-state index in [1.807, 2.05) is 6.07 Å². The first-order valence-corrected chi connectivity index (χ1v) is 8.75. The third kappa shape index (κ3) is 2.28. The molecule has 0 bridgehead atoms. The van der Waals surface area contributed by atoms with Gasteiger partial charge in [0, 0.05) is 27.4 Å². The highest BCUT2D eigenvalue weighted by atomic mass is 79.9. The lowest BCUT2D eigenvalue weighted by Gasteiger charge is -2.35. The largest absolute Gasteiger partial charge is 0.455 e. The number of benzene rings is 2. The highest BCUT2D eigenvalue weighted by Gasteiger charge is 2.31. The van der Waals surface area contributed by atoms with E-state index in [0.717, 1.165) is 33.7 Å². The molecule has 24 heavy (non-hydrogen) atoms. The molecule has 2 heterocycles. The molecule has 0 radical (unpaired) electrons. The van der Waals surface area contributed by atoms with E-state index in [0.29, 0.717) is 5.75 Å². The van der Waals surface area contributed by atoms with Crippen molar-refractivity contribution in [2.45, 2.75) is 26.3 Å². The maximum atomic E-state index is 13.8. The number of nitrogens with one attached hydrogen (secondary N) is 1. The number of ether oxygens (including phenoxy) is 1. The summed E-state index contributed by atoms with van der Waals surface area (Å²) in [5.41, 5.74) is 5.99. The first-order valence-electron chi connectivity index (χ1n) is 7.83. The Labute approximate surface area is 149 Å². The molecule has 0 aromatic heterocycles. The summed E-state index contributed by atoms with van der Waals surface area (Å²) in [5.74, 6) is 1.13. The molecule has 4 rings (SSSR count). The summed E-state index contributed by atoms with van der Waals surface area (Å²) in [6, 6.07) is 8.73. The number of halogens is 2. The highest BCUT2D eigenvalue weighted by molar-refractivity contribution is 9.11. The van der Waals surface area contributed by atoms with E-state index in [9.17, 15) is 4.39 Å². The van der Waals surface area contributed by atoms with Crippen molar-refractivity contribution < 1.29 is 9.13 Å². The van der Waals surface area contributed by atoms with Gasteiger partial charge in [-0.2, -0.15) is 0 Å². The quantitative estimate of drug-likeness (QED) is 0.583. The van der Waals surface area contributed by atoms with Crippen LogP contribution in [0.4, 0.5) is 10.1 Å². The Morgan fingerprint density at radius 1 is 1.12 bits per heavy atom. The van der Waals surface area contributed by atoms with Crippen molar-refractivity contribution in [3.63, 3.8) is 0 Å². The molecule has 2 aliphatic rings. The van der Waals surface area contributed by atoms with E-state index in [1.54, 1.807) is 11.1 Å². The van der Waals surface area contributed by atoms with Crippen LogP contribution in [0.1, 0.15) is 31.9 Å². The fourth-order valence-electron chi connectivity index (χ4n) is 3.64. The molecule has 0 aliphatic carbocycles. The third-order valence-corrected chi connectivity index (χ3v) is 4.85. The van der Waals surface area contributed by atoms with E-state index < -0.39 is 0 Å². The van der Waals surface area contributed by atoms with Gasteiger partial charge >= 0.3 is 0 Å². The maximum absolute atomic E-state index is 13.8. The van der Waals surface area contributed by atoms with Crippen LogP contribution < -0.4 is 10.1 Å². The minimum absolute atomic E-state index is 0.108. The van der Waals surface area contributed by atoms with Crippen molar-refractivity contribution in [2.24, 2.45) is 0 Å². The predicted octanol–water partition coefficient (Wildman–Crippen LogP) is 6.19. The smallest absolute Gasteiger partial charge is 0.142 e. The molecule has 122 valence electrons. The molecule has 2 aromatic carbocycles. The molecule has 0 spiro atoms. The Kier molecular flexibility index (Phi) is 3.36. The van der Waals surface area contributed by atoms with Crippen molar-refractivity contribution in [3.8, 4) is 16.9 Å². The van der Waals surface area contributed by atoms with Crippen LogP contribution in [0.2, 0.25) is 0 Å². The lowest BCUT2D eigenvalue weighted by Crippen LogP contribution is -2.32. The number of rotatable bonds is 0. The second-order valence-corrected chi connectivity index (χ2v) is 7.26. The lowest BCUT2D eigenvalue weighted by atomic mass is 9.83. The van der Waals surface area contributed by atoms with Gasteiger partial charge in [-0.3, -0.25) is 0 Å². The molecule has 2 nitrogen and oxygen atoms in total. The van der Waals surface area contributed by atoms with Crippen LogP contribution in [0.15, 0.2) is 41.4 Å². The average molecular weight is 386 g/mol. The Balaban J connectivity index is 2.05. The molecule has 2 aliphatic heterocycles. The molecule has 4 heteroatoms. The van der Waals surface area contributed by atoms with Crippen molar-refractivity contribution >= 4 is 32.9 Å². The van der Waals surface area contributed by atoms with Crippen LogP contribution >= 0.6 is 15.9 Å². The predicted molar refractivity (Wildman–Crippen MR) is 101 cm³/mol. The van der Waals surface area contributed by atoms with Crippen LogP contribution in [0.5, 0.6) is 5.75 Å². The second-order valence-electron chi connectivity index (χ2n) is 6.80. The van der Waals surface area contributed by atoms with Gasteiger partial charge in [-0.15, -0.1) is 0 Å².